The number of furan rings is 4. The molecule has 1 aliphatic rings. The van der Waals surface area contributed by atoms with Gasteiger partial charge in [-0.15, -0.1) is 0 Å². The van der Waals surface area contributed by atoms with Gasteiger partial charge in [-0.25, -0.2) is 29.9 Å². The molecule has 11 aromatic heterocycles. The maximum atomic E-state index is 6.34. The van der Waals surface area contributed by atoms with Gasteiger partial charge in [0.15, 0.2) is 17.5 Å². The molecule has 0 bridgehead atoms. The molecule has 0 unspecified atom stereocenters. The lowest BCUT2D eigenvalue weighted by molar-refractivity contribution is 0.666. The molecule has 31 aromatic rings. The summed E-state index contributed by atoms with van der Waals surface area (Å²) in [4.78, 5) is 31.4. The van der Waals surface area contributed by atoms with Gasteiger partial charge in [0.2, 0.25) is 0 Å². The van der Waals surface area contributed by atoms with Crippen LogP contribution in [0.4, 0.5) is 0 Å². The molecule has 149 heavy (non-hydrogen) atoms. The van der Waals surface area contributed by atoms with Crippen molar-refractivity contribution in [2.75, 3.05) is 0 Å². The van der Waals surface area contributed by atoms with E-state index in [9.17, 15) is 0 Å². The highest BCUT2D eigenvalue weighted by Crippen LogP contribution is 2.55. The van der Waals surface area contributed by atoms with Crippen LogP contribution >= 0.6 is 0 Å². The van der Waals surface area contributed by atoms with E-state index >= 15 is 0 Å². The molecule has 698 valence electrons. The van der Waals surface area contributed by atoms with E-state index < -0.39 is 0 Å². The van der Waals surface area contributed by atoms with Crippen molar-refractivity contribution in [2.24, 2.45) is 0 Å². The highest BCUT2D eigenvalue weighted by Gasteiger charge is 2.39. The number of fused-ring (bicyclic) bond motifs is 29. The number of rotatable bonds is 11. The van der Waals surface area contributed by atoms with Crippen LogP contribution < -0.4 is 0 Å². The molecule has 0 aliphatic heterocycles. The summed E-state index contributed by atoms with van der Waals surface area (Å²) >= 11 is 0. The zero-order valence-electron chi connectivity index (χ0n) is 80.6. The standard InChI is InChI=1S/C49H33N3O.C46H28N4O.C40H23N3O2/c1-49(2)39-17-9-6-14-34(39)37-26-27-42-46(47(37)49)38-16-7-10-18-41(38)52(42)45-29-40(33-24-25-36-35-15-8-11-19-43(35)53-44(36)28-33)50-48(51-45)32-22-20-31(21-23-32)30-12-4-3-5-13-30;1-3-13-29(14-4-1)46-47-37(30-23-26-42-36(27-30)33-18-9-12-22-41(33)51-42)28-43(48-46)50-39-21-11-8-19-35(39)44-40(50)25-24-34-32-17-7-10-20-38(32)49(45(34)44)31-15-5-2-6-16-31;1-2-10-24(11-3-1)40-41-32(25-18-19-29-27-13-5-8-16-35(27)44-37(29)20-25)23-39(42-40)43-33-15-7-4-12-26(33)30-22-38-31(21-34(30)43)28-14-6-9-17-36(28)45-38/h3-29H,1-2H3;1-28H;1-23H. The van der Waals surface area contributed by atoms with Gasteiger partial charge < -0.3 is 22.2 Å². The molecule has 1 aliphatic carbocycles. The van der Waals surface area contributed by atoms with Gasteiger partial charge in [-0.05, 0) is 161 Å². The number of nitrogens with zero attached hydrogens (tertiary/aromatic N) is 10. The third kappa shape index (κ3) is 13.6. The van der Waals surface area contributed by atoms with Crippen LogP contribution in [0.1, 0.15) is 25.0 Å². The van der Waals surface area contributed by atoms with E-state index in [-0.39, 0.29) is 5.41 Å². The first-order valence-corrected chi connectivity index (χ1v) is 50.3. The van der Waals surface area contributed by atoms with E-state index in [4.69, 9.17) is 47.6 Å². The minimum Gasteiger partial charge on any atom is -0.456 e. The topological polar surface area (TPSA) is 150 Å². The van der Waals surface area contributed by atoms with Crippen molar-refractivity contribution in [3.05, 3.63) is 484 Å². The first-order valence-electron chi connectivity index (χ1n) is 50.3. The van der Waals surface area contributed by atoms with Crippen LogP contribution in [0, 0.1) is 0 Å². The second-order valence-electron chi connectivity index (χ2n) is 39.0. The summed E-state index contributed by atoms with van der Waals surface area (Å²) in [5, 5.41) is 18.3. The van der Waals surface area contributed by atoms with Crippen LogP contribution in [0.15, 0.2) is 491 Å². The van der Waals surface area contributed by atoms with E-state index in [2.05, 4.69) is 402 Å². The summed E-state index contributed by atoms with van der Waals surface area (Å²) in [5.74, 6) is 4.42. The minimum absolute atomic E-state index is 0.162. The lowest BCUT2D eigenvalue weighted by Gasteiger charge is -2.22. The number of hydrogen-bond acceptors (Lipinski definition) is 10. The summed E-state index contributed by atoms with van der Waals surface area (Å²) in [6, 6.07) is 165. The van der Waals surface area contributed by atoms with Crippen LogP contribution in [0.5, 0.6) is 0 Å². The van der Waals surface area contributed by atoms with Crippen molar-refractivity contribution in [2.45, 2.75) is 19.3 Å². The maximum absolute atomic E-state index is 6.34. The molecule has 20 aromatic carbocycles. The normalized spacial score (nSPS) is 12.4. The third-order valence-corrected chi connectivity index (χ3v) is 30.2. The van der Waals surface area contributed by atoms with Crippen molar-refractivity contribution in [3.8, 4) is 113 Å². The highest BCUT2D eigenvalue weighted by atomic mass is 16.3. The molecule has 14 nitrogen and oxygen atoms in total. The highest BCUT2D eigenvalue weighted by molar-refractivity contribution is 6.27. The lowest BCUT2D eigenvalue weighted by atomic mass is 9.80. The molecule has 0 amide bonds. The smallest absolute Gasteiger partial charge is 0.162 e. The Morgan fingerprint density at radius 2 is 0.523 bits per heavy atom. The van der Waals surface area contributed by atoms with Crippen molar-refractivity contribution >= 4 is 175 Å². The summed E-state index contributed by atoms with van der Waals surface area (Å²) < 4.78 is 34.4. The molecular weight excluding hydrogens is 1830 g/mol. The Morgan fingerprint density at radius 1 is 0.188 bits per heavy atom. The average Bonchev–Trinajstić information content (AvgIpc) is 1.54. The van der Waals surface area contributed by atoms with E-state index in [0.717, 1.165) is 211 Å². The van der Waals surface area contributed by atoms with Gasteiger partial charge in [0.05, 0.1) is 61.2 Å². The average molecular weight is 1910 g/mol. The van der Waals surface area contributed by atoms with E-state index in [0.29, 0.717) is 17.5 Å². The van der Waals surface area contributed by atoms with Crippen LogP contribution in [-0.2, 0) is 5.41 Å². The predicted molar refractivity (Wildman–Crippen MR) is 608 cm³/mol. The fourth-order valence-corrected chi connectivity index (χ4v) is 23.4. The monoisotopic (exact) mass is 1910 g/mol. The first-order chi connectivity index (χ1) is 73.6. The minimum atomic E-state index is -0.162. The fraction of sp³-hybridized carbons (Fsp3) is 0.0222. The second kappa shape index (κ2) is 33.6. The van der Waals surface area contributed by atoms with Crippen LogP contribution in [0.3, 0.4) is 0 Å². The summed E-state index contributed by atoms with van der Waals surface area (Å²) in [5.41, 5.74) is 32.8. The van der Waals surface area contributed by atoms with Crippen LogP contribution in [0.25, 0.3) is 288 Å². The Labute approximate surface area is 851 Å². The zero-order valence-corrected chi connectivity index (χ0v) is 80.6. The largest absolute Gasteiger partial charge is 0.456 e. The first kappa shape index (κ1) is 84.7. The van der Waals surface area contributed by atoms with E-state index in [1.807, 2.05) is 103 Å². The zero-order chi connectivity index (χ0) is 98.2. The molecule has 32 rings (SSSR count). The van der Waals surface area contributed by atoms with Crippen molar-refractivity contribution in [3.63, 3.8) is 0 Å². The molecule has 0 spiro atoms. The van der Waals surface area contributed by atoms with E-state index in [1.165, 1.54) is 71.2 Å². The summed E-state index contributed by atoms with van der Waals surface area (Å²) in [6.07, 6.45) is 0. The van der Waals surface area contributed by atoms with Gasteiger partial charge >= 0.3 is 0 Å². The van der Waals surface area contributed by atoms with Gasteiger partial charge in [0.25, 0.3) is 0 Å². The molecule has 0 radical (unpaired) electrons. The van der Waals surface area contributed by atoms with Crippen LogP contribution in [0.2, 0.25) is 0 Å². The van der Waals surface area contributed by atoms with Gasteiger partial charge in [-0.1, -0.05) is 341 Å². The Bertz CT molecular complexity index is 10900. The van der Waals surface area contributed by atoms with Crippen LogP contribution in [-0.4, -0.2) is 48.2 Å². The molecule has 0 saturated heterocycles. The lowest BCUT2D eigenvalue weighted by Crippen LogP contribution is -2.15. The van der Waals surface area contributed by atoms with Gasteiger partial charge in [-0.3, -0.25) is 13.7 Å². The van der Waals surface area contributed by atoms with Gasteiger partial charge in [0.1, 0.15) is 62.1 Å². The second-order valence-corrected chi connectivity index (χ2v) is 39.0. The Hall–Kier alpha value is -20.0. The Kier molecular flexibility index (Phi) is 19.1. The summed E-state index contributed by atoms with van der Waals surface area (Å²) in [7, 11) is 0. The van der Waals surface area contributed by atoms with Crippen molar-refractivity contribution in [1.29, 1.82) is 0 Å². The molecule has 0 fully saturated rings. The molecule has 0 atom stereocenters. The molecule has 0 N–H and O–H groups in total. The Morgan fingerprint density at radius 3 is 1.05 bits per heavy atom. The predicted octanol–water partition coefficient (Wildman–Crippen LogP) is 35.4. The van der Waals surface area contributed by atoms with E-state index in [1.54, 1.807) is 0 Å². The quantitative estimate of drug-likeness (QED) is 0.122. The maximum Gasteiger partial charge on any atom is 0.162 e. The Balaban J connectivity index is 0.000000103. The number of para-hydroxylation sites is 9. The van der Waals surface area contributed by atoms with Crippen molar-refractivity contribution in [1.82, 2.24) is 48.2 Å². The van der Waals surface area contributed by atoms with Gasteiger partial charge in [0, 0.05) is 149 Å². The molecule has 0 saturated carbocycles. The molecule has 14 heteroatoms. The number of aromatic nitrogens is 10. The summed E-state index contributed by atoms with van der Waals surface area (Å²) in [6.45, 7) is 4.72. The van der Waals surface area contributed by atoms with Crippen molar-refractivity contribution < 1.29 is 17.7 Å². The molecular formula is C135H84N10O4. The third-order valence-electron chi connectivity index (χ3n) is 30.2. The van der Waals surface area contributed by atoms with Gasteiger partial charge in [-0.2, -0.15) is 0 Å². The number of benzene rings is 20. The number of hydrogen-bond donors (Lipinski definition) is 0. The fourth-order valence-electron chi connectivity index (χ4n) is 23.4. The SMILES string of the molecule is CC1(C)c2ccccc2-c2ccc3c(c21)c1ccccc1n3-c1cc(-c2ccc3c(c2)oc2ccccc23)nc(-c2ccc(-c3ccccc3)cc2)n1.c1ccc(-c2nc(-c3ccc4c(c3)oc3ccccc34)cc(-n3c4ccccc4c4cc5oc6ccccc6c5cc43)n2)cc1.c1ccc(-c2nc(-c3ccc4oc5ccccc5c4c3)cc(-n3c4ccccc4c4c3ccc3c5ccccc5n(-c5ccccc5)c34)n2)cc1. The molecule has 11 heterocycles.